The molecule has 1 aliphatic heterocycles. The molecule has 0 unspecified atom stereocenters. The number of benzene rings is 1. The minimum atomic E-state index is -3.35. The number of H-pyrrole nitrogens is 1. The summed E-state index contributed by atoms with van der Waals surface area (Å²) in [7, 11) is -1.40. The molecule has 10 heteroatoms. The van der Waals surface area contributed by atoms with Crippen LogP contribution in [-0.2, 0) is 21.8 Å². The molecule has 2 heterocycles. The second kappa shape index (κ2) is 10.0. The van der Waals surface area contributed by atoms with Crippen molar-refractivity contribution >= 4 is 9.84 Å². The van der Waals surface area contributed by atoms with Crippen LogP contribution in [0.2, 0.25) is 0 Å². The molecule has 0 amide bonds. The first-order valence-electron chi connectivity index (χ1n) is 11.8. The Labute approximate surface area is 198 Å². The van der Waals surface area contributed by atoms with Crippen LogP contribution in [0, 0.1) is 11.7 Å². The van der Waals surface area contributed by atoms with Gasteiger partial charge >= 0.3 is 5.69 Å². The highest BCUT2D eigenvalue weighted by Crippen LogP contribution is 2.38. The van der Waals surface area contributed by atoms with Crippen LogP contribution >= 0.6 is 0 Å². The van der Waals surface area contributed by atoms with Crippen molar-refractivity contribution in [1.82, 2.24) is 14.5 Å². The maximum absolute atomic E-state index is 14.3. The van der Waals surface area contributed by atoms with Gasteiger partial charge in [0.2, 0.25) is 0 Å². The van der Waals surface area contributed by atoms with Crippen LogP contribution in [0.5, 0.6) is 5.75 Å². The minimum absolute atomic E-state index is 0.0113. The first-order valence-corrected chi connectivity index (χ1v) is 13.6. The van der Waals surface area contributed by atoms with Crippen molar-refractivity contribution in [3.8, 4) is 5.75 Å². The second-order valence-electron chi connectivity index (χ2n) is 9.81. The topological polar surface area (TPSA) is 101 Å². The lowest BCUT2D eigenvalue weighted by Crippen LogP contribution is -2.60. The predicted octanol–water partition coefficient (Wildman–Crippen LogP) is 1.93. The van der Waals surface area contributed by atoms with Gasteiger partial charge in [-0.15, -0.1) is 0 Å². The fourth-order valence-electron chi connectivity index (χ4n) is 4.67. The summed E-state index contributed by atoms with van der Waals surface area (Å²) in [6, 6.07) is 6.04. The van der Waals surface area contributed by atoms with Crippen LogP contribution < -0.4 is 16.0 Å². The van der Waals surface area contributed by atoms with Crippen LogP contribution in [-0.4, -0.2) is 61.1 Å². The molecular formula is C24H32FN3O5S. The molecular weight excluding hydrogens is 461 g/mol. The Morgan fingerprint density at radius 2 is 1.91 bits per heavy atom. The number of ether oxygens (including phenoxy) is 1. The maximum Gasteiger partial charge on any atom is 0.328 e. The lowest BCUT2D eigenvalue weighted by Gasteiger charge is -2.49. The third-order valence-corrected chi connectivity index (χ3v) is 8.51. The number of likely N-dealkylation sites (N-methyl/N-ethyl adjacent to an activating group) is 1. The highest BCUT2D eigenvalue weighted by atomic mass is 32.2. The lowest BCUT2D eigenvalue weighted by molar-refractivity contribution is 0.111. The van der Waals surface area contributed by atoms with E-state index in [1.807, 2.05) is 7.05 Å². The molecule has 0 bridgehead atoms. The smallest absolute Gasteiger partial charge is 0.328 e. The second-order valence-corrected chi connectivity index (χ2v) is 12.0. The third kappa shape index (κ3) is 6.15. The fraction of sp³-hybridized carbons (Fsp3) is 0.583. The van der Waals surface area contributed by atoms with Gasteiger partial charge in [-0.05, 0) is 56.3 Å². The molecule has 2 fully saturated rings. The Balaban J connectivity index is 1.34. The number of halogens is 1. The van der Waals surface area contributed by atoms with Gasteiger partial charge in [-0.1, -0.05) is 12.5 Å². The summed E-state index contributed by atoms with van der Waals surface area (Å²) in [5, 5.41) is 0. The van der Waals surface area contributed by atoms with E-state index in [4.69, 9.17) is 4.74 Å². The average Bonchev–Trinajstić information content (AvgIpc) is 3.57. The molecule has 1 aromatic heterocycles. The maximum atomic E-state index is 14.3. The summed E-state index contributed by atoms with van der Waals surface area (Å²) in [6.07, 6.45) is 5.43. The van der Waals surface area contributed by atoms with E-state index in [-0.39, 0.29) is 17.3 Å². The van der Waals surface area contributed by atoms with Crippen molar-refractivity contribution in [2.24, 2.45) is 5.92 Å². The first-order chi connectivity index (χ1) is 16.2. The minimum Gasteiger partial charge on any atom is -0.490 e. The van der Waals surface area contributed by atoms with Gasteiger partial charge in [0, 0.05) is 37.3 Å². The summed E-state index contributed by atoms with van der Waals surface area (Å²) < 4.78 is 47.4. The number of nitrogens with zero attached hydrogens (tertiary/aromatic N) is 2. The standard InChI is InChI=1S/C24H32FN3O5S/c1-27-15-24(16-27,19-7-8-20(25)21(13-19)33-14-18-5-6-18)17-34(31,32)12-4-2-3-10-28-11-9-22(29)26-23(28)30/h7-9,11,13,18H,2-6,10,12,14-17H2,1H3,(H,26,29,30). The quantitative estimate of drug-likeness (QED) is 0.454. The third-order valence-electron chi connectivity index (χ3n) is 6.61. The molecule has 4 rings (SSSR count). The van der Waals surface area contributed by atoms with E-state index in [0.29, 0.717) is 51.4 Å². The highest BCUT2D eigenvalue weighted by Gasteiger charge is 2.46. The van der Waals surface area contributed by atoms with Crippen molar-refractivity contribution in [3.63, 3.8) is 0 Å². The molecule has 34 heavy (non-hydrogen) atoms. The van der Waals surface area contributed by atoms with Gasteiger partial charge in [0.1, 0.15) is 0 Å². The van der Waals surface area contributed by atoms with Gasteiger partial charge in [-0.25, -0.2) is 17.6 Å². The molecule has 1 aliphatic carbocycles. The molecule has 0 spiro atoms. The molecule has 1 saturated carbocycles. The number of aryl methyl sites for hydroxylation is 1. The number of aromatic amines is 1. The summed E-state index contributed by atoms with van der Waals surface area (Å²) in [6.45, 7) is 2.10. The van der Waals surface area contributed by atoms with Gasteiger partial charge in [-0.2, -0.15) is 0 Å². The van der Waals surface area contributed by atoms with Crippen LogP contribution in [0.3, 0.4) is 0 Å². The zero-order chi connectivity index (χ0) is 24.3. The SMILES string of the molecule is CN1CC(CS(=O)(=O)CCCCCn2ccc(=O)[nH]c2=O)(c2ccc(F)c(OCC3CC3)c2)C1. The number of aromatic nitrogens is 2. The highest BCUT2D eigenvalue weighted by molar-refractivity contribution is 7.91. The molecule has 0 radical (unpaired) electrons. The van der Waals surface area contributed by atoms with E-state index in [0.717, 1.165) is 18.4 Å². The molecule has 2 aromatic rings. The number of hydrogen-bond acceptors (Lipinski definition) is 6. The Hall–Kier alpha value is -2.46. The summed E-state index contributed by atoms with van der Waals surface area (Å²) in [5.74, 6) is 0.350. The largest absolute Gasteiger partial charge is 0.490 e. The van der Waals surface area contributed by atoms with Crippen LogP contribution in [0.15, 0.2) is 40.1 Å². The van der Waals surface area contributed by atoms with Crippen LogP contribution in [0.4, 0.5) is 4.39 Å². The van der Waals surface area contributed by atoms with Crippen molar-refractivity contribution in [2.75, 3.05) is 38.2 Å². The van der Waals surface area contributed by atoms with E-state index in [9.17, 15) is 22.4 Å². The van der Waals surface area contributed by atoms with Crippen molar-refractivity contribution < 1.29 is 17.5 Å². The number of hydrogen-bond donors (Lipinski definition) is 1. The zero-order valence-corrected chi connectivity index (χ0v) is 20.3. The predicted molar refractivity (Wildman–Crippen MR) is 128 cm³/mol. The number of likely N-dealkylation sites (tertiary alicyclic amines) is 1. The summed E-state index contributed by atoms with van der Waals surface area (Å²) in [5.41, 5.74) is -0.664. The Morgan fingerprint density at radius 1 is 1.15 bits per heavy atom. The molecule has 8 nitrogen and oxygen atoms in total. The summed E-state index contributed by atoms with van der Waals surface area (Å²) >= 11 is 0. The van der Waals surface area contributed by atoms with E-state index < -0.39 is 32.3 Å². The van der Waals surface area contributed by atoms with E-state index >= 15 is 0 Å². The van der Waals surface area contributed by atoms with Gasteiger partial charge in [0.05, 0.1) is 18.1 Å². The molecule has 0 atom stereocenters. The van der Waals surface area contributed by atoms with Gasteiger partial charge in [0.25, 0.3) is 5.56 Å². The van der Waals surface area contributed by atoms with E-state index in [2.05, 4.69) is 9.88 Å². The number of sulfone groups is 1. The number of unbranched alkanes of at least 4 members (excludes halogenated alkanes) is 2. The Kier molecular flexibility index (Phi) is 7.28. The monoisotopic (exact) mass is 493 g/mol. The molecule has 186 valence electrons. The van der Waals surface area contributed by atoms with Gasteiger partial charge in [0.15, 0.2) is 21.4 Å². The Morgan fingerprint density at radius 3 is 2.59 bits per heavy atom. The summed E-state index contributed by atoms with van der Waals surface area (Å²) in [4.78, 5) is 27.1. The fourth-order valence-corrected chi connectivity index (χ4v) is 6.65. The van der Waals surface area contributed by atoms with Gasteiger partial charge in [-0.3, -0.25) is 9.78 Å². The van der Waals surface area contributed by atoms with Crippen molar-refractivity contribution in [1.29, 1.82) is 0 Å². The van der Waals surface area contributed by atoms with E-state index in [1.165, 1.54) is 22.9 Å². The zero-order valence-electron chi connectivity index (χ0n) is 19.5. The molecule has 1 aromatic carbocycles. The molecule has 1 N–H and O–H groups in total. The van der Waals surface area contributed by atoms with Crippen molar-refractivity contribution in [3.05, 3.63) is 62.7 Å². The number of rotatable bonds is 12. The average molecular weight is 494 g/mol. The van der Waals surface area contributed by atoms with Crippen LogP contribution in [0.25, 0.3) is 0 Å². The number of nitrogens with one attached hydrogen (secondary N) is 1. The van der Waals surface area contributed by atoms with Crippen LogP contribution in [0.1, 0.15) is 37.7 Å². The first kappa shape index (κ1) is 24.7. The molecule has 1 saturated heterocycles. The normalized spacial score (nSPS) is 17.9. The molecule has 2 aliphatic rings. The van der Waals surface area contributed by atoms with E-state index in [1.54, 1.807) is 12.1 Å². The Bertz CT molecular complexity index is 1230. The lowest BCUT2D eigenvalue weighted by atomic mass is 9.75. The van der Waals surface area contributed by atoms with Crippen molar-refractivity contribution in [2.45, 2.75) is 44.1 Å². The van der Waals surface area contributed by atoms with Gasteiger partial charge < -0.3 is 14.2 Å².